The number of rotatable bonds is 5. The number of nitrogens with one attached hydrogen (secondary N) is 1. The molecule has 4 nitrogen and oxygen atoms in total. The summed E-state index contributed by atoms with van der Waals surface area (Å²) < 4.78 is 0. The predicted molar refractivity (Wildman–Crippen MR) is 97.0 cm³/mol. The van der Waals surface area contributed by atoms with Gasteiger partial charge in [-0.3, -0.25) is 9.59 Å². The molecule has 0 unspecified atom stereocenters. The van der Waals surface area contributed by atoms with E-state index in [-0.39, 0.29) is 17.7 Å². The van der Waals surface area contributed by atoms with Gasteiger partial charge >= 0.3 is 0 Å². The molecule has 0 radical (unpaired) electrons. The number of hydrogen-bond acceptors (Lipinski definition) is 2. The molecule has 0 atom stereocenters. The second-order valence-corrected chi connectivity index (χ2v) is 7.34. The summed E-state index contributed by atoms with van der Waals surface area (Å²) in [6.45, 7) is 10.5. The first-order chi connectivity index (χ1) is 11.4. The minimum Gasteiger partial charge on any atom is -0.356 e. The first kappa shape index (κ1) is 18.5. The number of amides is 2. The second kappa shape index (κ2) is 8.32. The van der Waals surface area contributed by atoms with Crippen molar-refractivity contribution in [2.45, 2.75) is 47.0 Å². The van der Waals surface area contributed by atoms with E-state index in [2.05, 4.69) is 19.2 Å². The first-order valence-electron chi connectivity index (χ1n) is 9.02. The van der Waals surface area contributed by atoms with Crippen molar-refractivity contribution in [1.82, 2.24) is 10.2 Å². The third kappa shape index (κ3) is 4.83. The van der Waals surface area contributed by atoms with Crippen molar-refractivity contribution < 1.29 is 9.59 Å². The van der Waals surface area contributed by atoms with Gasteiger partial charge in [-0.15, -0.1) is 0 Å². The lowest BCUT2D eigenvalue weighted by Crippen LogP contribution is -2.43. The fourth-order valence-corrected chi connectivity index (χ4v) is 3.03. The Labute approximate surface area is 145 Å². The fourth-order valence-electron chi connectivity index (χ4n) is 3.03. The average molecular weight is 330 g/mol. The molecule has 0 saturated carbocycles. The van der Waals surface area contributed by atoms with Crippen LogP contribution >= 0.6 is 0 Å². The molecule has 0 spiro atoms. The average Bonchev–Trinajstić information content (AvgIpc) is 2.56. The summed E-state index contributed by atoms with van der Waals surface area (Å²) in [5.41, 5.74) is 3.08. The van der Waals surface area contributed by atoms with Crippen molar-refractivity contribution >= 4 is 11.8 Å². The number of carbonyl (C=O) groups is 2. The van der Waals surface area contributed by atoms with Crippen molar-refractivity contribution in [3.8, 4) is 0 Å². The molecule has 1 aromatic rings. The third-order valence-electron chi connectivity index (χ3n) is 4.93. The molecule has 1 N–H and O–H groups in total. The molecule has 2 rings (SSSR count). The highest BCUT2D eigenvalue weighted by Gasteiger charge is 2.27. The van der Waals surface area contributed by atoms with Crippen LogP contribution in [0.25, 0.3) is 0 Å². The molecular weight excluding hydrogens is 300 g/mol. The van der Waals surface area contributed by atoms with Crippen molar-refractivity contribution in [3.05, 3.63) is 34.9 Å². The molecule has 0 aromatic heterocycles. The normalized spacial score (nSPS) is 15.6. The molecular formula is C20H30N2O2. The van der Waals surface area contributed by atoms with Crippen LogP contribution in [0.2, 0.25) is 0 Å². The standard InChI is InChI=1S/C20H30N2O2/c1-14(2)7-10-21-19(23)17-8-11-22(12-9-17)20(24)18-6-5-15(3)16(4)13-18/h5-6,13-14,17H,7-12H2,1-4H3,(H,21,23). The quantitative estimate of drug-likeness (QED) is 0.900. The lowest BCUT2D eigenvalue weighted by Gasteiger charge is -2.31. The van der Waals surface area contributed by atoms with Gasteiger partial charge in [0, 0.05) is 31.1 Å². The van der Waals surface area contributed by atoms with Gasteiger partial charge in [0.2, 0.25) is 5.91 Å². The Morgan fingerprint density at radius 3 is 2.42 bits per heavy atom. The van der Waals surface area contributed by atoms with Crippen LogP contribution in [0, 0.1) is 25.7 Å². The van der Waals surface area contributed by atoms with Gasteiger partial charge in [-0.05, 0) is 62.3 Å². The van der Waals surface area contributed by atoms with Crippen LogP contribution in [0.15, 0.2) is 18.2 Å². The van der Waals surface area contributed by atoms with E-state index in [4.69, 9.17) is 0 Å². The number of carbonyl (C=O) groups excluding carboxylic acids is 2. The zero-order valence-corrected chi connectivity index (χ0v) is 15.4. The number of benzene rings is 1. The lowest BCUT2D eigenvalue weighted by molar-refractivity contribution is -0.126. The van der Waals surface area contributed by atoms with Crippen LogP contribution in [0.5, 0.6) is 0 Å². The van der Waals surface area contributed by atoms with E-state index in [0.29, 0.717) is 19.0 Å². The highest BCUT2D eigenvalue weighted by atomic mass is 16.2. The summed E-state index contributed by atoms with van der Waals surface area (Å²) in [5, 5.41) is 3.03. The molecule has 1 saturated heterocycles. The minimum atomic E-state index is 0.0426. The minimum absolute atomic E-state index is 0.0426. The van der Waals surface area contributed by atoms with Gasteiger partial charge in [0.05, 0.1) is 0 Å². The maximum Gasteiger partial charge on any atom is 0.253 e. The van der Waals surface area contributed by atoms with Gasteiger partial charge in [-0.25, -0.2) is 0 Å². The zero-order valence-electron chi connectivity index (χ0n) is 15.4. The Morgan fingerprint density at radius 2 is 1.83 bits per heavy atom. The van der Waals surface area contributed by atoms with Crippen molar-refractivity contribution in [2.24, 2.45) is 11.8 Å². The molecule has 24 heavy (non-hydrogen) atoms. The van der Waals surface area contributed by atoms with Crippen LogP contribution in [0.3, 0.4) is 0 Å². The summed E-state index contributed by atoms with van der Waals surface area (Å²) in [7, 11) is 0. The summed E-state index contributed by atoms with van der Waals surface area (Å²) in [4.78, 5) is 26.7. The maximum absolute atomic E-state index is 12.6. The molecule has 1 fully saturated rings. The summed E-state index contributed by atoms with van der Waals surface area (Å²) >= 11 is 0. The fraction of sp³-hybridized carbons (Fsp3) is 0.600. The van der Waals surface area contributed by atoms with E-state index in [1.807, 2.05) is 36.9 Å². The van der Waals surface area contributed by atoms with Crippen LogP contribution in [-0.2, 0) is 4.79 Å². The van der Waals surface area contributed by atoms with Gasteiger partial charge in [-0.2, -0.15) is 0 Å². The van der Waals surface area contributed by atoms with Gasteiger partial charge in [0.25, 0.3) is 5.91 Å². The summed E-state index contributed by atoms with van der Waals surface area (Å²) in [6, 6.07) is 5.86. The molecule has 0 bridgehead atoms. The topological polar surface area (TPSA) is 49.4 Å². The van der Waals surface area contributed by atoms with Gasteiger partial charge in [-0.1, -0.05) is 19.9 Å². The highest BCUT2D eigenvalue weighted by molar-refractivity contribution is 5.94. The Bertz CT molecular complexity index is 587. The monoisotopic (exact) mass is 330 g/mol. The van der Waals surface area contributed by atoms with Crippen molar-refractivity contribution in [2.75, 3.05) is 19.6 Å². The van der Waals surface area contributed by atoms with Crippen molar-refractivity contribution in [3.63, 3.8) is 0 Å². The second-order valence-electron chi connectivity index (χ2n) is 7.34. The van der Waals surface area contributed by atoms with Gasteiger partial charge < -0.3 is 10.2 Å². The van der Waals surface area contributed by atoms with E-state index in [1.165, 1.54) is 5.56 Å². The zero-order chi connectivity index (χ0) is 17.7. The largest absolute Gasteiger partial charge is 0.356 e. The maximum atomic E-state index is 12.6. The SMILES string of the molecule is Cc1ccc(C(=O)N2CCC(C(=O)NCCC(C)C)CC2)cc1C. The number of hydrogen-bond donors (Lipinski definition) is 1. The molecule has 0 aliphatic carbocycles. The van der Waals surface area contributed by atoms with Gasteiger partial charge in [0.15, 0.2) is 0 Å². The molecule has 1 aromatic carbocycles. The highest BCUT2D eigenvalue weighted by Crippen LogP contribution is 2.20. The number of nitrogens with zero attached hydrogens (tertiary/aromatic N) is 1. The molecule has 1 aliphatic heterocycles. The summed E-state index contributed by atoms with van der Waals surface area (Å²) in [6.07, 6.45) is 2.52. The lowest BCUT2D eigenvalue weighted by atomic mass is 9.95. The number of aryl methyl sites for hydroxylation is 2. The molecule has 2 amide bonds. The van der Waals surface area contributed by atoms with Crippen LogP contribution in [0.4, 0.5) is 0 Å². The summed E-state index contributed by atoms with van der Waals surface area (Å²) in [5.74, 6) is 0.870. The van der Waals surface area contributed by atoms with Gasteiger partial charge in [0.1, 0.15) is 0 Å². The van der Waals surface area contributed by atoms with E-state index >= 15 is 0 Å². The molecule has 1 aliphatic rings. The third-order valence-corrected chi connectivity index (χ3v) is 4.93. The number of likely N-dealkylation sites (tertiary alicyclic amines) is 1. The Hall–Kier alpha value is -1.84. The number of piperidine rings is 1. The smallest absolute Gasteiger partial charge is 0.253 e. The van der Waals surface area contributed by atoms with E-state index in [1.54, 1.807) is 0 Å². The van der Waals surface area contributed by atoms with Crippen LogP contribution < -0.4 is 5.32 Å². The van der Waals surface area contributed by atoms with Crippen molar-refractivity contribution in [1.29, 1.82) is 0 Å². The van der Waals surface area contributed by atoms with E-state index in [0.717, 1.165) is 36.9 Å². The Balaban J connectivity index is 1.84. The van der Waals surface area contributed by atoms with E-state index in [9.17, 15) is 9.59 Å². The van der Waals surface area contributed by atoms with Crippen LogP contribution in [0.1, 0.15) is 54.6 Å². The molecule has 4 heteroatoms. The predicted octanol–water partition coefficient (Wildman–Crippen LogP) is 3.32. The Morgan fingerprint density at radius 1 is 1.17 bits per heavy atom. The first-order valence-corrected chi connectivity index (χ1v) is 9.02. The van der Waals surface area contributed by atoms with E-state index < -0.39 is 0 Å². The molecule has 132 valence electrons. The Kier molecular flexibility index (Phi) is 6.41. The van der Waals surface area contributed by atoms with Crippen LogP contribution in [-0.4, -0.2) is 36.3 Å². The molecule has 1 heterocycles.